The van der Waals surface area contributed by atoms with Crippen LogP contribution in [0.15, 0.2) is 48.5 Å². The molecule has 118 valence electrons. The maximum atomic E-state index is 4.96. The summed E-state index contributed by atoms with van der Waals surface area (Å²) in [5, 5.41) is 2.01. The first-order valence-electron chi connectivity index (χ1n) is 8.43. The number of aromatic nitrogens is 2. The van der Waals surface area contributed by atoms with E-state index in [1.165, 1.54) is 11.1 Å². The maximum absolute atomic E-state index is 4.96. The third-order valence-corrected chi connectivity index (χ3v) is 4.44. The van der Waals surface area contributed by atoms with Gasteiger partial charge in [-0.15, -0.1) is 0 Å². The van der Waals surface area contributed by atoms with E-state index < -0.39 is 0 Å². The summed E-state index contributed by atoms with van der Waals surface area (Å²) in [7, 11) is 0. The van der Waals surface area contributed by atoms with Crippen LogP contribution in [0.5, 0.6) is 0 Å². The van der Waals surface area contributed by atoms with E-state index in [2.05, 4.69) is 74.5 Å². The van der Waals surface area contributed by atoms with Crippen LogP contribution in [0.25, 0.3) is 34.7 Å². The minimum Gasteiger partial charge on any atom is -0.244 e. The van der Waals surface area contributed by atoms with Crippen LogP contribution in [0.4, 0.5) is 0 Å². The Morgan fingerprint density at radius 2 is 0.958 bits per heavy atom. The molecule has 24 heavy (non-hydrogen) atoms. The van der Waals surface area contributed by atoms with Crippen LogP contribution in [0.1, 0.15) is 24.0 Å². The first-order chi connectivity index (χ1) is 11.7. The zero-order chi connectivity index (χ0) is 16.5. The lowest BCUT2D eigenvalue weighted by Crippen LogP contribution is -2.34. The fraction of sp³-hybridized carbons (Fsp3) is 0.182. The zero-order valence-electron chi connectivity index (χ0n) is 14.1. The highest BCUT2D eigenvalue weighted by Gasteiger charge is 2.12. The molecule has 0 saturated heterocycles. The van der Waals surface area contributed by atoms with Gasteiger partial charge in [0.15, 0.2) is 0 Å². The fourth-order valence-corrected chi connectivity index (χ4v) is 3.03. The molecule has 1 aliphatic rings. The van der Waals surface area contributed by atoms with Gasteiger partial charge in [0.05, 0.1) is 22.1 Å². The Hall–Kier alpha value is -2.74. The Bertz CT molecular complexity index is 913. The molecule has 3 aromatic rings. The molecule has 1 aliphatic carbocycles. The van der Waals surface area contributed by atoms with Gasteiger partial charge in [0.1, 0.15) is 0 Å². The highest BCUT2D eigenvalue weighted by Crippen LogP contribution is 2.27. The number of aryl methyl sites for hydroxylation is 2. The summed E-state index contributed by atoms with van der Waals surface area (Å²) in [5.74, 6) is 0. The first-order valence-corrected chi connectivity index (χ1v) is 8.43. The minimum atomic E-state index is 0.962. The molecule has 2 aromatic carbocycles. The molecule has 0 amide bonds. The lowest BCUT2D eigenvalue weighted by Gasteiger charge is -2.11. The largest absolute Gasteiger partial charge is 0.244 e. The average molecular weight is 312 g/mol. The molecule has 0 spiro atoms. The standard InChI is InChI=1S/C22H20N2/c1-15-7-11-17(12-8-15)21-22(18-13-9-16(2)10-14-18)24-20-6-4-3-5-19(20)23-21/h5-14H,3-4H2,1-2H3. The highest BCUT2D eigenvalue weighted by molar-refractivity contribution is 5.78. The van der Waals surface area contributed by atoms with E-state index in [1.54, 1.807) is 0 Å². The monoisotopic (exact) mass is 312 g/mol. The number of rotatable bonds is 2. The Kier molecular flexibility index (Phi) is 3.73. The van der Waals surface area contributed by atoms with E-state index in [1.807, 2.05) is 0 Å². The second-order valence-corrected chi connectivity index (χ2v) is 6.41. The molecule has 0 saturated carbocycles. The third-order valence-electron chi connectivity index (χ3n) is 4.44. The van der Waals surface area contributed by atoms with Gasteiger partial charge in [0, 0.05) is 11.1 Å². The molecule has 1 aromatic heterocycles. The summed E-state index contributed by atoms with van der Waals surface area (Å²) in [5.41, 5.74) is 6.66. The Morgan fingerprint density at radius 1 is 0.583 bits per heavy atom. The smallest absolute Gasteiger partial charge is 0.0972 e. The Morgan fingerprint density at radius 3 is 1.33 bits per heavy atom. The van der Waals surface area contributed by atoms with Crippen LogP contribution in [0, 0.1) is 13.8 Å². The minimum absolute atomic E-state index is 0.962. The first kappa shape index (κ1) is 14.8. The van der Waals surface area contributed by atoms with Gasteiger partial charge in [-0.05, 0) is 26.7 Å². The van der Waals surface area contributed by atoms with Crippen LogP contribution in [-0.2, 0) is 0 Å². The molecule has 0 N–H and O–H groups in total. The molecule has 2 heteroatoms. The van der Waals surface area contributed by atoms with Crippen LogP contribution in [0.2, 0.25) is 0 Å². The predicted molar refractivity (Wildman–Crippen MR) is 99.8 cm³/mol. The zero-order valence-corrected chi connectivity index (χ0v) is 14.1. The normalized spacial score (nSPS) is 12.9. The van der Waals surface area contributed by atoms with Crippen molar-refractivity contribution in [3.05, 3.63) is 70.4 Å². The second-order valence-electron chi connectivity index (χ2n) is 6.41. The van der Waals surface area contributed by atoms with E-state index in [-0.39, 0.29) is 0 Å². The Labute approximate surface area is 142 Å². The van der Waals surface area contributed by atoms with Crippen LogP contribution < -0.4 is 10.7 Å². The van der Waals surface area contributed by atoms with Gasteiger partial charge in [0.2, 0.25) is 0 Å². The van der Waals surface area contributed by atoms with Crippen molar-refractivity contribution < 1.29 is 0 Å². The molecule has 0 unspecified atom stereocenters. The second kappa shape index (κ2) is 6.04. The van der Waals surface area contributed by atoms with Crippen molar-refractivity contribution in [2.75, 3.05) is 0 Å². The van der Waals surface area contributed by atoms with Crippen molar-refractivity contribution in [3.63, 3.8) is 0 Å². The van der Waals surface area contributed by atoms with Crippen LogP contribution in [0.3, 0.4) is 0 Å². The summed E-state index contributed by atoms with van der Waals surface area (Å²) in [6, 6.07) is 17.1. The van der Waals surface area contributed by atoms with Crippen molar-refractivity contribution in [2.24, 2.45) is 0 Å². The third kappa shape index (κ3) is 2.76. The molecular weight excluding hydrogens is 292 g/mol. The molecule has 2 nitrogen and oxygen atoms in total. The van der Waals surface area contributed by atoms with E-state index in [0.29, 0.717) is 0 Å². The molecule has 0 atom stereocenters. The number of benzene rings is 2. The number of fused-ring (bicyclic) bond motifs is 1. The van der Waals surface area contributed by atoms with E-state index >= 15 is 0 Å². The molecule has 1 heterocycles. The molecule has 0 radical (unpaired) electrons. The van der Waals surface area contributed by atoms with E-state index in [9.17, 15) is 0 Å². The number of nitrogens with zero attached hydrogens (tertiary/aromatic N) is 2. The van der Waals surface area contributed by atoms with Crippen molar-refractivity contribution in [2.45, 2.75) is 26.7 Å². The van der Waals surface area contributed by atoms with Gasteiger partial charge in [-0.1, -0.05) is 71.8 Å². The lowest BCUT2D eigenvalue weighted by molar-refractivity contribution is 1.03. The van der Waals surface area contributed by atoms with Crippen molar-refractivity contribution in [3.8, 4) is 22.5 Å². The summed E-state index contributed by atoms with van der Waals surface area (Å²) < 4.78 is 0. The Balaban J connectivity index is 2.00. The van der Waals surface area contributed by atoms with Crippen molar-refractivity contribution in [1.29, 1.82) is 0 Å². The molecule has 0 fully saturated rings. The topological polar surface area (TPSA) is 25.8 Å². The van der Waals surface area contributed by atoms with Gasteiger partial charge in [-0.2, -0.15) is 0 Å². The lowest BCUT2D eigenvalue weighted by atomic mass is 10.0. The summed E-state index contributed by atoms with van der Waals surface area (Å²) in [6.45, 7) is 4.21. The predicted octanol–water partition coefficient (Wildman–Crippen LogP) is 3.78. The molecule has 0 aliphatic heterocycles. The number of hydrogen-bond donors (Lipinski definition) is 0. The van der Waals surface area contributed by atoms with Crippen LogP contribution >= 0.6 is 0 Å². The molecule has 4 rings (SSSR count). The van der Waals surface area contributed by atoms with Crippen molar-refractivity contribution in [1.82, 2.24) is 9.97 Å². The molecular formula is C22H20N2. The average Bonchev–Trinajstić information content (AvgIpc) is 2.62. The summed E-state index contributed by atoms with van der Waals surface area (Å²) >= 11 is 0. The van der Waals surface area contributed by atoms with Crippen molar-refractivity contribution >= 4 is 12.2 Å². The van der Waals surface area contributed by atoms with Gasteiger partial charge in [-0.25, -0.2) is 9.97 Å². The summed E-state index contributed by atoms with van der Waals surface area (Å²) in [6.07, 6.45) is 6.47. The molecule has 0 bridgehead atoms. The van der Waals surface area contributed by atoms with Gasteiger partial charge < -0.3 is 0 Å². The maximum Gasteiger partial charge on any atom is 0.0972 e. The quantitative estimate of drug-likeness (QED) is 0.719. The van der Waals surface area contributed by atoms with E-state index in [4.69, 9.17) is 9.97 Å². The fourth-order valence-electron chi connectivity index (χ4n) is 3.03. The SMILES string of the molecule is Cc1ccc(-c2nc3c(nc2-c2ccc(C)cc2)=CCCC=3)cc1. The van der Waals surface area contributed by atoms with Gasteiger partial charge in [0.25, 0.3) is 0 Å². The summed E-state index contributed by atoms with van der Waals surface area (Å²) in [4.78, 5) is 9.93. The van der Waals surface area contributed by atoms with Gasteiger partial charge in [-0.3, -0.25) is 0 Å². The van der Waals surface area contributed by atoms with Crippen LogP contribution in [-0.4, -0.2) is 9.97 Å². The number of hydrogen-bond acceptors (Lipinski definition) is 2. The highest BCUT2D eigenvalue weighted by atomic mass is 14.8. The van der Waals surface area contributed by atoms with E-state index in [0.717, 1.165) is 46.1 Å². The van der Waals surface area contributed by atoms with Gasteiger partial charge >= 0.3 is 0 Å².